The smallest absolute Gasteiger partial charge is 0.323 e. The normalized spacial score (nSPS) is 28.0. The number of hydrogen-bond acceptors (Lipinski definition) is 3. The summed E-state index contributed by atoms with van der Waals surface area (Å²) >= 11 is 0. The second-order valence-corrected chi connectivity index (χ2v) is 7.28. The zero-order chi connectivity index (χ0) is 15.3. The van der Waals surface area contributed by atoms with E-state index in [1.807, 2.05) is 6.92 Å². The van der Waals surface area contributed by atoms with Crippen molar-refractivity contribution in [2.75, 3.05) is 13.1 Å². The van der Waals surface area contributed by atoms with Gasteiger partial charge in [0.15, 0.2) is 0 Å². The average molecular weight is 281 g/mol. The number of imide groups is 1. The Labute approximate surface area is 121 Å². The van der Waals surface area contributed by atoms with E-state index in [1.54, 1.807) is 0 Å². The van der Waals surface area contributed by atoms with Crippen LogP contribution in [-0.4, -0.2) is 51.4 Å². The highest BCUT2D eigenvalue weighted by molar-refractivity contribution is 6.07. The predicted octanol–water partition coefficient (Wildman–Crippen LogP) is 1.97. The van der Waals surface area contributed by atoms with E-state index in [0.29, 0.717) is 19.4 Å². The monoisotopic (exact) mass is 281 g/mol. The zero-order valence-corrected chi connectivity index (χ0v) is 13.5. The molecule has 3 amide bonds. The lowest BCUT2D eigenvalue weighted by Gasteiger charge is -2.57. The van der Waals surface area contributed by atoms with Crippen LogP contribution in [0.15, 0.2) is 0 Å². The van der Waals surface area contributed by atoms with Crippen LogP contribution in [-0.2, 0) is 4.79 Å². The molecule has 0 bridgehead atoms. The van der Waals surface area contributed by atoms with Crippen LogP contribution in [0.1, 0.15) is 54.4 Å². The van der Waals surface area contributed by atoms with Crippen LogP contribution in [0.3, 0.4) is 0 Å². The van der Waals surface area contributed by atoms with E-state index < -0.39 is 5.54 Å². The van der Waals surface area contributed by atoms with Gasteiger partial charge in [-0.25, -0.2) is 4.79 Å². The summed E-state index contributed by atoms with van der Waals surface area (Å²) in [4.78, 5) is 28.5. The first-order valence-electron chi connectivity index (χ1n) is 7.51. The minimum atomic E-state index is -0.730. The standard InChI is InChI=1S/C15H27N3O2/c1-7-17-11(19)15(16-12(17)20)9-13(3,4)18(8-2)14(5,6)10-15/h7-10H2,1-6H3,(H,16,20). The molecule has 0 radical (unpaired) electrons. The second kappa shape index (κ2) is 4.45. The SMILES string of the molecule is CCN1C(=O)NC2(CC(C)(C)N(CC)C(C)(C)C2)C1=O. The molecule has 114 valence electrons. The van der Waals surface area contributed by atoms with Crippen LogP contribution in [0.2, 0.25) is 0 Å². The maximum atomic E-state index is 12.7. The molecule has 2 heterocycles. The van der Waals surface area contributed by atoms with E-state index >= 15 is 0 Å². The van der Waals surface area contributed by atoms with Gasteiger partial charge in [-0.05, 0) is 54.0 Å². The van der Waals surface area contributed by atoms with E-state index in [2.05, 4.69) is 44.8 Å². The van der Waals surface area contributed by atoms with Gasteiger partial charge in [0, 0.05) is 17.6 Å². The van der Waals surface area contributed by atoms with Crippen LogP contribution in [0, 0.1) is 0 Å². The molecule has 0 aromatic carbocycles. The molecule has 0 aromatic rings. The quantitative estimate of drug-likeness (QED) is 0.787. The van der Waals surface area contributed by atoms with Gasteiger partial charge in [0.05, 0.1) is 0 Å². The second-order valence-electron chi connectivity index (χ2n) is 7.28. The molecule has 20 heavy (non-hydrogen) atoms. The Morgan fingerprint density at radius 1 is 1.00 bits per heavy atom. The van der Waals surface area contributed by atoms with Crippen molar-refractivity contribution in [2.24, 2.45) is 0 Å². The van der Waals surface area contributed by atoms with Crippen LogP contribution in [0.25, 0.3) is 0 Å². The number of nitrogens with zero attached hydrogens (tertiary/aromatic N) is 2. The van der Waals surface area contributed by atoms with Gasteiger partial charge in [0.1, 0.15) is 5.54 Å². The molecule has 5 heteroatoms. The maximum absolute atomic E-state index is 12.7. The molecule has 2 aliphatic rings. The number of amides is 3. The zero-order valence-electron chi connectivity index (χ0n) is 13.5. The van der Waals surface area contributed by atoms with Gasteiger partial charge in [0.2, 0.25) is 0 Å². The number of carbonyl (C=O) groups excluding carboxylic acids is 2. The number of hydrogen-bond donors (Lipinski definition) is 1. The van der Waals surface area contributed by atoms with Gasteiger partial charge in [0.25, 0.3) is 5.91 Å². The minimum absolute atomic E-state index is 0.0538. The van der Waals surface area contributed by atoms with Crippen molar-refractivity contribution >= 4 is 11.9 Å². The third-order valence-corrected chi connectivity index (χ3v) is 4.81. The highest BCUT2D eigenvalue weighted by Crippen LogP contribution is 2.45. The summed E-state index contributed by atoms with van der Waals surface area (Å²) in [6.07, 6.45) is 1.33. The first-order valence-corrected chi connectivity index (χ1v) is 7.51. The highest BCUT2D eigenvalue weighted by Gasteiger charge is 2.60. The van der Waals surface area contributed by atoms with Crippen LogP contribution in [0.5, 0.6) is 0 Å². The third kappa shape index (κ3) is 2.03. The van der Waals surface area contributed by atoms with Crippen molar-refractivity contribution in [2.45, 2.75) is 71.0 Å². The molecular weight excluding hydrogens is 254 g/mol. The summed E-state index contributed by atoms with van der Waals surface area (Å²) in [5, 5.41) is 2.99. The molecule has 2 aliphatic heterocycles. The lowest BCUT2D eigenvalue weighted by atomic mass is 9.69. The topological polar surface area (TPSA) is 52.7 Å². The van der Waals surface area contributed by atoms with Crippen molar-refractivity contribution in [3.63, 3.8) is 0 Å². The summed E-state index contributed by atoms with van der Waals surface area (Å²) in [6.45, 7) is 14.0. The fraction of sp³-hybridized carbons (Fsp3) is 0.867. The molecular formula is C15H27N3O2. The number of piperidine rings is 1. The number of likely N-dealkylation sites (tertiary alicyclic amines) is 1. The Morgan fingerprint density at radius 3 is 1.85 bits per heavy atom. The van der Waals surface area contributed by atoms with Gasteiger partial charge in [-0.2, -0.15) is 0 Å². The molecule has 2 fully saturated rings. The predicted molar refractivity (Wildman–Crippen MR) is 78.4 cm³/mol. The highest BCUT2D eigenvalue weighted by atomic mass is 16.2. The van der Waals surface area contributed by atoms with Gasteiger partial charge in [-0.1, -0.05) is 6.92 Å². The van der Waals surface area contributed by atoms with Gasteiger partial charge >= 0.3 is 6.03 Å². The lowest BCUT2D eigenvalue weighted by molar-refractivity contribution is -0.140. The number of nitrogens with one attached hydrogen (secondary N) is 1. The molecule has 0 aliphatic carbocycles. The summed E-state index contributed by atoms with van der Waals surface area (Å²) in [6, 6.07) is -0.242. The number of likely N-dealkylation sites (N-methyl/N-ethyl adjacent to an activating group) is 1. The summed E-state index contributed by atoms with van der Waals surface area (Å²) < 4.78 is 0. The third-order valence-electron chi connectivity index (χ3n) is 4.81. The number of rotatable bonds is 2. The Hall–Kier alpha value is -1.10. The molecule has 0 atom stereocenters. The average Bonchev–Trinajstić information content (AvgIpc) is 2.46. The molecule has 2 rings (SSSR count). The maximum Gasteiger partial charge on any atom is 0.325 e. The van der Waals surface area contributed by atoms with E-state index in [4.69, 9.17) is 0 Å². The minimum Gasteiger partial charge on any atom is -0.323 e. The first-order chi connectivity index (χ1) is 9.09. The van der Waals surface area contributed by atoms with Gasteiger partial charge in [-0.3, -0.25) is 14.6 Å². The van der Waals surface area contributed by atoms with E-state index in [-0.39, 0.29) is 23.0 Å². The molecule has 1 N–H and O–H groups in total. The number of carbonyl (C=O) groups is 2. The Bertz CT molecular complexity index is 424. The van der Waals surface area contributed by atoms with Gasteiger partial charge in [-0.15, -0.1) is 0 Å². The van der Waals surface area contributed by atoms with Crippen LogP contribution >= 0.6 is 0 Å². The molecule has 0 aromatic heterocycles. The molecule has 0 saturated carbocycles. The van der Waals surface area contributed by atoms with E-state index in [0.717, 1.165) is 6.54 Å². The molecule has 2 saturated heterocycles. The first kappa shape index (κ1) is 15.3. The van der Waals surface area contributed by atoms with Gasteiger partial charge < -0.3 is 5.32 Å². The van der Waals surface area contributed by atoms with Crippen molar-refractivity contribution in [3.05, 3.63) is 0 Å². The van der Waals surface area contributed by atoms with E-state index in [1.165, 1.54) is 4.90 Å². The lowest BCUT2D eigenvalue weighted by Crippen LogP contribution is -2.69. The van der Waals surface area contributed by atoms with Crippen LogP contribution in [0.4, 0.5) is 4.79 Å². The summed E-state index contributed by atoms with van der Waals surface area (Å²) in [5.74, 6) is -0.0538. The Kier molecular flexibility index (Phi) is 3.40. The van der Waals surface area contributed by atoms with E-state index in [9.17, 15) is 9.59 Å². The Balaban J connectivity index is 2.41. The van der Waals surface area contributed by atoms with Crippen molar-refractivity contribution in [1.82, 2.24) is 15.1 Å². The van der Waals surface area contributed by atoms with Crippen molar-refractivity contribution in [3.8, 4) is 0 Å². The molecule has 5 nitrogen and oxygen atoms in total. The fourth-order valence-electron chi connectivity index (χ4n) is 4.61. The summed E-state index contributed by atoms with van der Waals surface area (Å²) in [5.41, 5.74) is -0.974. The van der Waals surface area contributed by atoms with Crippen molar-refractivity contribution < 1.29 is 9.59 Å². The molecule has 1 spiro atoms. The summed E-state index contributed by atoms with van der Waals surface area (Å²) in [7, 11) is 0. The van der Waals surface area contributed by atoms with Crippen LogP contribution < -0.4 is 5.32 Å². The molecule has 0 unspecified atom stereocenters. The number of urea groups is 1. The Morgan fingerprint density at radius 2 is 1.50 bits per heavy atom. The van der Waals surface area contributed by atoms with Crippen molar-refractivity contribution in [1.29, 1.82) is 0 Å². The largest absolute Gasteiger partial charge is 0.325 e. The fourth-order valence-corrected chi connectivity index (χ4v) is 4.61.